The molecule has 0 fully saturated rings. The molecule has 17 heavy (non-hydrogen) atoms. The number of nitrogens with zero attached hydrogens (tertiary/aromatic N) is 2. The lowest BCUT2D eigenvalue weighted by Crippen LogP contribution is -1.86. The normalized spacial score (nSPS) is 10.8. The minimum atomic E-state index is -0.524. The highest BCUT2D eigenvalue weighted by atomic mass is 32.1. The van der Waals surface area contributed by atoms with Crippen LogP contribution in [0.25, 0.3) is 0 Å². The van der Waals surface area contributed by atoms with Crippen LogP contribution in [0.5, 0.6) is 5.75 Å². The predicted octanol–water partition coefficient (Wildman–Crippen LogP) is 3.11. The van der Waals surface area contributed by atoms with Gasteiger partial charge in [-0.3, -0.25) is 15.1 Å². The van der Waals surface area contributed by atoms with Gasteiger partial charge < -0.3 is 5.11 Å². The van der Waals surface area contributed by atoms with E-state index in [9.17, 15) is 15.2 Å². The van der Waals surface area contributed by atoms with Crippen molar-refractivity contribution in [2.24, 2.45) is 4.99 Å². The molecular weight excluding hydrogens is 240 g/mol. The third kappa shape index (κ3) is 2.67. The molecule has 1 aromatic heterocycles. The number of nitro benzene ring substituents is 1. The molecule has 1 aromatic carbocycles. The van der Waals surface area contributed by atoms with E-state index in [0.29, 0.717) is 0 Å². The molecule has 0 aliphatic heterocycles. The smallest absolute Gasteiger partial charge is 0.271 e. The second kappa shape index (κ2) is 4.75. The zero-order valence-electron chi connectivity index (χ0n) is 8.61. The van der Waals surface area contributed by atoms with E-state index in [1.54, 1.807) is 6.21 Å². The molecule has 0 amide bonds. The number of benzene rings is 1. The van der Waals surface area contributed by atoms with Gasteiger partial charge in [-0.05, 0) is 17.5 Å². The van der Waals surface area contributed by atoms with E-state index in [1.807, 2.05) is 17.5 Å². The number of phenolic OH excluding ortho intramolecular Hbond substituents is 1. The van der Waals surface area contributed by atoms with Crippen LogP contribution < -0.4 is 0 Å². The summed E-state index contributed by atoms with van der Waals surface area (Å²) in [6, 6.07) is 7.47. The largest absolute Gasteiger partial charge is 0.506 e. The van der Waals surface area contributed by atoms with Gasteiger partial charge in [0.1, 0.15) is 11.4 Å². The Bertz CT molecular complexity index is 564. The maximum Gasteiger partial charge on any atom is 0.271 e. The first kappa shape index (κ1) is 11.3. The second-order valence-electron chi connectivity index (χ2n) is 3.20. The monoisotopic (exact) mass is 248 g/mol. The quantitative estimate of drug-likeness (QED) is 0.515. The summed E-state index contributed by atoms with van der Waals surface area (Å²) in [5, 5.41) is 22.0. The van der Waals surface area contributed by atoms with Crippen LogP contribution >= 0.6 is 11.3 Å². The molecule has 6 heteroatoms. The second-order valence-corrected chi connectivity index (χ2v) is 4.18. The van der Waals surface area contributed by atoms with Crippen LogP contribution in [-0.2, 0) is 0 Å². The number of aromatic hydroxyl groups is 1. The van der Waals surface area contributed by atoms with Crippen LogP contribution in [0, 0.1) is 10.1 Å². The highest BCUT2D eigenvalue weighted by Gasteiger charge is 2.08. The summed E-state index contributed by atoms with van der Waals surface area (Å²) in [4.78, 5) is 15.0. The van der Waals surface area contributed by atoms with Crippen molar-refractivity contribution in [1.82, 2.24) is 0 Å². The molecule has 0 spiro atoms. The van der Waals surface area contributed by atoms with Crippen molar-refractivity contribution in [1.29, 1.82) is 0 Å². The summed E-state index contributed by atoms with van der Waals surface area (Å²) in [6.07, 6.45) is 1.56. The Kier molecular flexibility index (Phi) is 3.15. The van der Waals surface area contributed by atoms with Gasteiger partial charge in [-0.1, -0.05) is 6.07 Å². The number of non-ortho nitro benzene ring substituents is 1. The summed E-state index contributed by atoms with van der Waals surface area (Å²) in [5.41, 5.74) is 0.0914. The Labute approximate surface area is 101 Å². The molecule has 0 aliphatic carbocycles. The summed E-state index contributed by atoms with van der Waals surface area (Å²) >= 11 is 1.49. The zero-order chi connectivity index (χ0) is 12.3. The SMILES string of the molecule is O=[N+]([O-])c1ccc(O)c(N=Cc2cccs2)c1. The zero-order valence-corrected chi connectivity index (χ0v) is 9.42. The predicted molar refractivity (Wildman–Crippen MR) is 66.3 cm³/mol. The molecular formula is C11H8N2O3S. The summed E-state index contributed by atoms with van der Waals surface area (Å²) in [6.45, 7) is 0. The lowest BCUT2D eigenvalue weighted by atomic mass is 10.2. The van der Waals surface area contributed by atoms with Crippen molar-refractivity contribution < 1.29 is 10.0 Å². The number of rotatable bonds is 3. The number of phenols is 1. The number of aliphatic imine (C=N–C) groups is 1. The molecule has 2 rings (SSSR count). The molecule has 0 radical (unpaired) electrons. The van der Waals surface area contributed by atoms with Crippen molar-refractivity contribution in [3.8, 4) is 5.75 Å². The molecule has 5 nitrogen and oxygen atoms in total. The van der Waals surface area contributed by atoms with Gasteiger partial charge in [0, 0.05) is 23.2 Å². The lowest BCUT2D eigenvalue weighted by molar-refractivity contribution is -0.384. The highest BCUT2D eigenvalue weighted by molar-refractivity contribution is 7.11. The Morgan fingerprint density at radius 1 is 1.41 bits per heavy atom. The number of hydrogen-bond donors (Lipinski definition) is 1. The third-order valence-electron chi connectivity index (χ3n) is 2.04. The van der Waals surface area contributed by atoms with Crippen LogP contribution in [0.3, 0.4) is 0 Å². The third-order valence-corrected chi connectivity index (χ3v) is 2.85. The summed E-state index contributed by atoms with van der Waals surface area (Å²) < 4.78 is 0. The van der Waals surface area contributed by atoms with Gasteiger partial charge >= 0.3 is 0 Å². The molecule has 0 saturated carbocycles. The van der Waals surface area contributed by atoms with Crippen LogP contribution in [0.1, 0.15) is 4.88 Å². The molecule has 0 unspecified atom stereocenters. The number of thiophene rings is 1. The van der Waals surface area contributed by atoms with Gasteiger partial charge in [0.25, 0.3) is 5.69 Å². The fraction of sp³-hybridized carbons (Fsp3) is 0. The van der Waals surface area contributed by atoms with Gasteiger partial charge in [-0.2, -0.15) is 0 Å². The molecule has 1 N–H and O–H groups in total. The standard InChI is InChI=1S/C11H8N2O3S/c14-11-4-3-8(13(15)16)6-10(11)12-7-9-2-1-5-17-9/h1-7,14H. The maximum atomic E-state index is 10.6. The van der Waals surface area contributed by atoms with Crippen molar-refractivity contribution in [2.75, 3.05) is 0 Å². The maximum absolute atomic E-state index is 10.6. The first-order chi connectivity index (χ1) is 8.16. The fourth-order valence-electron chi connectivity index (χ4n) is 1.23. The first-order valence-electron chi connectivity index (χ1n) is 4.72. The molecule has 0 saturated heterocycles. The van der Waals surface area contributed by atoms with Crippen LogP contribution in [0.15, 0.2) is 40.7 Å². The highest BCUT2D eigenvalue weighted by Crippen LogP contribution is 2.30. The summed E-state index contributed by atoms with van der Waals surface area (Å²) in [7, 11) is 0. The Hall–Kier alpha value is -2.21. The Balaban J connectivity index is 2.31. The van der Waals surface area contributed by atoms with Gasteiger partial charge in [0.05, 0.1) is 4.92 Å². The Morgan fingerprint density at radius 3 is 2.88 bits per heavy atom. The van der Waals surface area contributed by atoms with Crippen molar-refractivity contribution in [3.63, 3.8) is 0 Å². The number of nitro groups is 1. The molecule has 0 aliphatic rings. The van der Waals surface area contributed by atoms with E-state index in [4.69, 9.17) is 0 Å². The first-order valence-corrected chi connectivity index (χ1v) is 5.60. The van der Waals surface area contributed by atoms with Crippen molar-refractivity contribution in [3.05, 3.63) is 50.7 Å². The summed E-state index contributed by atoms with van der Waals surface area (Å²) in [5.74, 6) is -0.0802. The topological polar surface area (TPSA) is 75.7 Å². The molecule has 1 heterocycles. The lowest BCUT2D eigenvalue weighted by Gasteiger charge is -1.97. The number of hydrogen-bond acceptors (Lipinski definition) is 5. The van der Waals surface area contributed by atoms with E-state index in [2.05, 4.69) is 4.99 Å². The van der Waals surface area contributed by atoms with Crippen LogP contribution in [0.4, 0.5) is 11.4 Å². The molecule has 2 aromatic rings. The van der Waals surface area contributed by atoms with Gasteiger partial charge in [-0.25, -0.2) is 0 Å². The van der Waals surface area contributed by atoms with E-state index in [1.165, 1.54) is 29.5 Å². The average molecular weight is 248 g/mol. The molecule has 0 bridgehead atoms. The van der Waals surface area contributed by atoms with Gasteiger partial charge in [0.15, 0.2) is 0 Å². The fourth-order valence-corrected chi connectivity index (χ4v) is 1.81. The molecule has 0 atom stereocenters. The average Bonchev–Trinajstić information content (AvgIpc) is 2.80. The van der Waals surface area contributed by atoms with E-state index >= 15 is 0 Å². The minimum Gasteiger partial charge on any atom is -0.506 e. The Morgan fingerprint density at radius 2 is 2.24 bits per heavy atom. The van der Waals surface area contributed by atoms with Crippen molar-refractivity contribution in [2.45, 2.75) is 0 Å². The van der Waals surface area contributed by atoms with Gasteiger partial charge in [0.2, 0.25) is 0 Å². The van der Waals surface area contributed by atoms with Crippen LogP contribution in [0.2, 0.25) is 0 Å². The van der Waals surface area contributed by atoms with Crippen LogP contribution in [-0.4, -0.2) is 16.2 Å². The van der Waals surface area contributed by atoms with E-state index in [-0.39, 0.29) is 17.1 Å². The van der Waals surface area contributed by atoms with E-state index in [0.717, 1.165) is 4.88 Å². The van der Waals surface area contributed by atoms with Gasteiger partial charge in [-0.15, -0.1) is 11.3 Å². The van der Waals surface area contributed by atoms with Crippen molar-refractivity contribution >= 4 is 28.9 Å². The molecule has 86 valence electrons. The van der Waals surface area contributed by atoms with E-state index < -0.39 is 4.92 Å². The minimum absolute atomic E-state index is 0.0802.